The molecule has 1 rings (SSSR count). The number of unbranched alkanes of at least 4 members (excludes halogenated alkanes) is 15. The maximum Gasteiger partial charge on any atom is 0.0476 e. The van der Waals surface area contributed by atoms with Gasteiger partial charge >= 0.3 is 0 Å². The molecule has 1 aromatic carbocycles. The highest BCUT2D eigenvalue weighted by Gasteiger charge is 2.13. The predicted molar refractivity (Wildman–Crippen MR) is 158 cm³/mol. The van der Waals surface area contributed by atoms with Crippen molar-refractivity contribution in [3.05, 3.63) is 34.4 Å². The molecule has 0 bridgehead atoms. The van der Waals surface area contributed by atoms with E-state index in [1.54, 1.807) is 16.7 Å². The Morgan fingerprint density at radius 2 is 0.788 bits per heavy atom. The van der Waals surface area contributed by atoms with Crippen molar-refractivity contribution in [3.8, 4) is 0 Å². The number of rotatable bonds is 22. The lowest BCUT2D eigenvalue weighted by Crippen LogP contribution is -2.05. The Hall–Kier alpha value is -0.0600. The van der Waals surface area contributed by atoms with E-state index >= 15 is 0 Å². The van der Waals surface area contributed by atoms with Gasteiger partial charge in [0, 0.05) is 5.88 Å². The van der Waals surface area contributed by atoms with E-state index in [2.05, 4.69) is 32.9 Å². The van der Waals surface area contributed by atoms with Crippen LogP contribution in [-0.4, -0.2) is 0 Å². The van der Waals surface area contributed by atoms with Crippen LogP contribution in [-0.2, 0) is 25.1 Å². The van der Waals surface area contributed by atoms with Crippen molar-refractivity contribution in [3.63, 3.8) is 0 Å². The standard InChI is InChI=1S/C31H55Cl.H3P/c1-4-7-10-13-16-19-22-28-25-26-29(27-32)31(24-21-18-15-12-9-6-3)30(28)23-20-17-14-11-8-5-2;/h25-26H,4-24,27H2,1-3H3;1H3. The van der Waals surface area contributed by atoms with E-state index < -0.39 is 0 Å². The number of hydrogen-bond donors (Lipinski definition) is 0. The van der Waals surface area contributed by atoms with Crippen LogP contribution in [0.1, 0.15) is 159 Å². The minimum absolute atomic E-state index is 0. The van der Waals surface area contributed by atoms with Gasteiger partial charge in [0.1, 0.15) is 0 Å². The van der Waals surface area contributed by atoms with Gasteiger partial charge in [-0.15, -0.1) is 11.6 Å². The van der Waals surface area contributed by atoms with Crippen molar-refractivity contribution < 1.29 is 0 Å². The normalized spacial score (nSPS) is 11.0. The molecule has 0 aromatic heterocycles. The van der Waals surface area contributed by atoms with Gasteiger partial charge in [0.15, 0.2) is 0 Å². The molecule has 33 heavy (non-hydrogen) atoms. The zero-order chi connectivity index (χ0) is 23.3. The summed E-state index contributed by atoms with van der Waals surface area (Å²) in [5.74, 6) is 0.673. The number of benzene rings is 1. The molecule has 0 aliphatic rings. The lowest BCUT2D eigenvalue weighted by molar-refractivity contribution is 0.592. The molecule has 0 saturated carbocycles. The molecule has 0 spiro atoms. The van der Waals surface area contributed by atoms with Crippen molar-refractivity contribution in [2.45, 2.75) is 161 Å². The Kier molecular flexibility index (Phi) is 23.6. The van der Waals surface area contributed by atoms with Crippen LogP contribution in [0.2, 0.25) is 0 Å². The summed E-state index contributed by atoms with van der Waals surface area (Å²) >= 11 is 6.43. The molecular weight excluding hydrogens is 439 g/mol. The largest absolute Gasteiger partial charge is 0.153 e. The van der Waals surface area contributed by atoms with Crippen LogP contribution in [0.15, 0.2) is 12.1 Å². The molecule has 194 valence electrons. The van der Waals surface area contributed by atoms with Crippen molar-refractivity contribution in [1.82, 2.24) is 0 Å². The van der Waals surface area contributed by atoms with Crippen LogP contribution in [0.5, 0.6) is 0 Å². The first-order chi connectivity index (χ1) is 15.8. The summed E-state index contributed by atoms with van der Waals surface area (Å²) in [7, 11) is 0. The fraction of sp³-hybridized carbons (Fsp3) is 0.806. The molecule has 0 amide bonds. The van der Waals surface area contributed by atoms with Crippen molar-refractivity contribution in [2.75, 3.05) is 0 Å². The molecule has 0 saturated heterocycles. The SMILES string of the molecule is CCCCCCCCc1ccc(CCl)c(CCCCCCCC)c1CCCCCCCC.P. The van der Waals surface area contributed by atoms with Crippen LogP contribution in [0.3, 0.4) is 0 Å². The summed E-state index contributed by atoms with van der Waals surface area (Å²) < 4.78 is 0. The van der Waals surface area contributed by atoms with Gasteiger partial charge in [-0.05, 0) is 60.8 Å². The lowest BCUT2D eigenvalue weighted by Gasteiger charge is -2.19. The maximum absolute atomic E-state index is 6.43. The first kappa shape index (κ1) is 32.9. The minimum Gasteiger partial charge on any atom is -0.153 e. The second-order valence-electron chi connectivity index (χ2n) is 10.0. The molecule has 0 aliphatic heterocycles. The topological polar surface area (TPSA) is 0 Å². The summed E-state index contributed by atoms with van der Waals surface area (Å²) in [6, 6.07) is 4.79. The van der Waals surface area contributed by atoms with Crippen LogP contribution in [0.4, 0.5) is 0 Å². The molecule has 1 aromatic rings. The first-order valence-corrected chi connectivity index (χ1v) is 15.0. The molecule has 0 nitrogen and oxygen atoms in total. The second-order valence-corrected chi connectivity index (χ2v) is 10.3. The number of alkyl halides is 1. The highest BCUT2D eigenvalue weighted by Crippen LogP contribution is 2.27. The van der Waals surface area contributed by atoms with Crippen molar-refractivity contribution >= 4 is 21.5 Å². The molecule has 0 fully saturated rings. The van der Waals surface area contributed by atoms with Gasteiger partial charge in [-0.2, -0.15) is 9.90 Å². The zero-order valence-electron chi connectivity index (χ0n) is 22.8. The van der Waals surface area contributed by atoms with Crippen LogP contribution in [0.25, 0.3) is 0 Å². The average molecular weight is 497 g/mol. The number of hydrogen-bond acceptors (Lipinski definition) is 0. The van der Waals surface area contributed by atoms with E-state index in [0.29, 0.717) is 5.88 Å². The Morgan fingerprint density at radius 3 is 1.21 bits per heavy atom. The fourth-order valence-electron chi connectivity index (χ4n) is 5.03. The van der Waals surface area contributed by atoms with Gasteiger partial charge in [-0.3, -0.25) is 0 Å². The summed E-state index contributed by atoms with van der Waals surface area (Å²) in [4.78, 5) is 0. The van der Waals surface area contributed by atoms with E-state index in [0.717, 1.165) is 0 Å². The molecule has 1 atom stereocenters. The maximum atomic E-state index is 6.43. The highest BCUT2D eigenvalue weighted by atomic mass is 35.5. The Morgan fingerprint density at radius 1 is 0.455 bits per heavy atom. The highest BCUT2D eigenvalue weighted by molar-refractivity contribution is 6.92. The van der Waals surface area contributed by atoms with Crippen molar-refractivity contribution in [1.29, 1.82) is 0 Å². The van der Waals surface area contributed by atoms with E-state index in [-0.39, 0.29) is 9.90 Å². The third kappa shape index (κ3) is 15.5. The van der Waals surface area contributed by atoms with Crippen LogP contribution < -0.4 is 0 Å². The molecule has 0 N–H and O–H groups in total. The van der Waals surface area contributed by atoms with Crippen LogP contribution >= 0.6 is 21.5 Å². The van der Waals surface area contributed by atoms with Crippen molar-refractivity contribution in [2.24, 2.45) is 0 Å². The monoisotopic (exact) mass is 496 g/mol. The Bertz CT molecular complexity index is 554. The summed E-state index contributed by atoms with van der Waals surface area (Å²) in [5.41, 5.74) is 6.38. The quantitative estimate of drug-likeness (QED) is 0.0849. The van der Waals surface area contributed by atoms with E-state index in [9.17, 15) is 0 Å². The zero-order valence-corrected chi connectivity index (χ0v) is 25.0. The van der Waals surface area contributed by atoms with Gasteiger partial charge in [0.2, 0.25) is 0 Å². The Balaban J connectivity index is 0.0000102. The number of aryl methyl sites for hydroxylation is 1. The van der Waals surface area contributed by atoms with E-state index in [1.807, 2.05) is 0 Å². The second kappa shape index (κ2) is 23.7. The minimum atomic E-state index is 0. The summed E-state index contributed by atoms with van der Waals surface area (Å²) in [6.07, 6.45) is 28.6. The fourth-order valence-corrected chi connectivity index (χ4v) is 5.28. The third-order valence-corrected chi connectivity index (χ3v) is 7.42. The van der Waals surface area contributed by atoms with Gasteiger partial charge in [-0.1, -0.05) is 129 Å². The van der Waals surface area contributed by atoms with E-state index in [1.165, 1.54) is 140 Å². The molecule has 0 aliphatic carbocycles. The first-order valence-electron chi connectivity index (χ1n) is 14.5. The smallest absolute Gasteiger partial charge is 0.0476 e. The Labute approximate surface area is 217 Å². The molecule has 2 heteroatoms. The molecule has 1 unspecified atom stereocenters. The van der Waals surface area contributed by atoms with Gasteiger partial charge in [0.25, 0.3) is 0 Å². The number of halogens is 1. The summed E-state index contributed by atoms with van der Waals surface area (Å²) in [5, 5.41) is 0. The summed E-state index contributed by atoms with van der Waals surface area (Å²) in [6.45, 7) is 6.91. The molecule has 0 radical (unpaired) electrons. The van der Waals surface area contributed by atoms with Gasteiger partial charge in [-0.25, -0.2) is 0 Å². The van der Waals surface area contributed by atoms with Gasteiger partial charge < -0.3 is 0 Å². The van der Waals surface area contributed by atoms with Crippen LogP contribution in [0, 0.1) is 0 Å². The third-order valence-electron chi connectivity index (χ3n) is 7.13. The van der Waals surface area contributed by atoms with E-state index in [4.69, 9.17) is 11.6 Å². The van der Waals surface area contributed by atoms with Gasteiger partial charge in [0.05, 0.1) is 0 Å². The average Bonchev–Trinajstić information content (AvgIpc) is 2.81. The molecular formula is C31H58ClP. The lowest BCUT2D eigenvalue weighted by atomic mass is 9.87. The molecule has 0 heterocycles. The predicted octanol–water partition coefficient (Wildman–Crippen LogP) is 11.2.